The monoisotopic (exact) mass is 287 g/mol. The molecule has 2 rings (SSSR count). The van der Waals surface area contributed by atoms with Crippen LogP contribution in [0.25, 0.3) is 5.69 Å². The van der Waals surface area contributed by atoms with Crippen LogP contribution in [0.15, 0.2) is 43.0 Å². The molecular formula is C16H21N3O2. The molecular weight excluding hydrogens is 266 g/mol. The first-order chi connectivity index (χ1) is 10.1. The Kier molecular flexibility index (Phi) is 4.75. The lowest BCUT2D eigenvalue weighted by molar-refractivity contribution is -0.145. The Morgan fingerprint density at radius 3 is 2.43 bits per heavy atom. The second-order valence-corrected chi connectivity index (χ2v) is 5.08. The van der Waals surface area contributed by atoms with Gasteiger partial charge in [-0.3, -0.25) is 10.1 Å². The Labute approximate surface area is 124 Å². The molecule has 0 aliphatic rings. The van der Waals surface area contributed by atoms with Gasteiger partial charge in [0.25, 0.3) is 0 Å². The van der Waals surface area contributed by atoms with Gasteiger partial charge in [-0.25, -0.2) is 4.98 Å². The third-order valence-corrected chi connectivity index (χ3v) is 3.99. The highest BCUT2D eigenvalue weighted by Crippen LogP contribution is 2.17. The molecule has 0 radical (unpaired) electrons. The first-order valence-electron chi connectivity index (χ1n) is 7.17. The third-order valence-electron chi connectivity index (χ3n) is 3.99. The molecule has 0 spiro atoms. The summed E-state index contributed by atoms with van der Waals surface area (Å²) in [4.78, 5) is 15.5. The summed E-state index contributed by atoms with van der Waals surface area (Å²) in [7, 11) is 0. The molecule has 112 valence electrons. The molecule has 0 saturated carbocycles. The maximum Gasteiger partial charge on any atom is 0.323 e. The summed E-state index contributed by atoms with van der Waals surface area (Å²) in [5, 5.41) is 12.6. The molecule has 1 aromatic carbocycles. The van der Waals surface area contributed by atoms with Gasteiger partial charge in [-0.15, -0.1) is 0 Å². The van der Waals surface area contributed by atoms with Gasteiger partial charge in [-0.05, 0) is 30.5 Å². The van der Waals surface area contributed by atoms with Gasteiger partial charge >= 0.3 is 5.97 Å². The lowest BCUT2D eigenvalue weighted by Gasteiger charge is -2.28. The first-order valence-corrected chi connectivity index (χ1v) is 7.17. The van der Waals surface area contributed by atoms with Crippen molar-refractivity contribution in [1.82, 2.24) is 14.9 Å². The minimum Gasteiger partial charge on any atom is -0.480 e. The number of hydrogen-bond acceptors (Lipinski definition) is 3. The van der Waals surface area contributed by atoms with Gasteiger partial charge in [0.05, 0.1) is 6.33 Å². The minimum atomic E-state index is -0.844. The molecule has 0 atom stereocenters. The molecule has 0 aliphatic carbocycles. The van der Waals surface area contributed by atoms with Crippen molar-refractivity contribution in [3.63, 3.8) is 0 Å². The minimum absolute atomic E-state index is 0.540. The molecule has 5 heteroatoms. The maximum absolute atomic E-state index is 11.4. The average Bonchev–Trinajstić information content (AvgIpc) is 3.03. The molecule has 0 amide bonds. The van der Waals surface area contributed by atoms with E-state index in [0.29, 0.717) is 19.4 Å². The SMILES string of the molecule is CCC(CC)(NCc1ccc(-n2ccnc2)cc1)C(=O)O. The zero-order chi connectivity index (χ0) is 15.3. The van der Waals surface area contributed by atoms with E-state index in [1.807, 2.05) is 48.9 Å². The number of rotatable bonds is 7. The van der Waals surface area contributed by atoms with E-state index in [2.05, 4.69) is 10.3 Å². The third kappa shape index (κ3) is 3.31. The van der Waals surface area contributed by atoms with Crippen LogP contribution in [0.2, 0.25) is 0 Å². The number of nitrogens with one attached hydrogen (secondary N) is 1. The number of carbonyl (C=O) groups is 1. The number of aliphatic carboxylic acids is 1. The molecule has 0 bridgehead atoms. The topological polar surface area (TPSA) is 67.2 Å². The van der Waals surface area contributed by atoms with Crippen molar-refractivity contribution >= 4 is 5.97 Å². The second-order valence-electron chi connectivity index (χ2n) is 5.08. The van der Waals surface area contributed by atoms with Crippen LogP contribution in [-0.2, 0) is 11.3 Å². The molecule has 0 unspecified atom stereocenters. The van der Waals surface area contributed by atoms with Crippen molar-refractivity contribution in [2.45, 2.75) is 38.8 Å². The Morgan fingerprint density at radius 2 is 1.95 bits per heavy atom. The number of carboxylic acid groups (broad SMARTS) is 1. The van der Waals surface area contributed by atoms with E-state index in [0.717, 1.165) is 11.3 Å². The lowest BCUT2D eigenvalue weighted by Crippen LogP contribution is -2.50. The normalized spacial score (nSPS) is 11.5. The molecule has 0 fully saturated rings. The van der Waals surface area contributed by atoms with Crippen molar-refractivity contribution in [3.05, 3.63) is 48.5 Å². The van der Waals surface area contributed by atoms with Gasteiger partial charge in [0, 0.05) is 24.6 Å². The zero-order valence-electron chi connectivity index (χ0n) is 12.4. The van der Waals surface area contributed by atoms with Crippen molar-refractivity contribution in [2.75, 3.05) is 0 Å². The van der Waals surface area contributed by atoms with E-state index in [1.54, 1.807) is 12.5 Å². The Morgan fingerprint density at radius 1 is 1.29 bits per heavy atom. The molecule has 2 aromatic rings. The summed E-state index contributed by atoms with van der Waals surface area (Å²) in [5.74, 6) is -0.789. The molecule has 5 nitrogen and oxygen atoms in total. The largest absolute Gasteiger partial charge is 0.480 e. The van der Waals surface area contributed by atoms with Gasteiger partial charge in [-0.2, -0.15) is 0 Å². The lowest BCUT2D eigenvalue weighted by atomic mass is 9.92. The van der Waals surface area contributed by atoms with Crippen molar-refractivity contribution < 1.29 is 9.90 Å². The van der Waals surface area contributed by atoms with Crippen LogP contribution in [0.4, 0.5) is 0 Å². The number of benzene rings is 1. The van der Waals surface area contributed by atoms with Crippen molar-refractivity contribution in [2.24, 2.45) is 0 Å². The maximum atomic E-state index is 11.4. The summed E-state index contributed by atoms with van der Waals surface area (Å²) in [6.07, 6.45) is 6.49. The zero-order valence-corrected chi connectivity index (χ0v) is 12.4. The van der Waals surface area contributed by atoms with Gasteiger partial charge in [0.1, 0.15) is 5.54 Å². The van der Waals surface area contributed by atoms with Crippen LogP contribution in [0.1, 0.15) is 32.3 Å². The number of imidazole rings is 1. The van der Waals surface area contributed by atoms with Gasteiger partial charge in [-0.1, -0.05) is 26.0 Å². The van der Waals surface area contributed by atoms with Gasteiger partial charge < -0.3 is 9.67 Å². The Bertz CT molecular complexity index is 572. The summed E-state index contributed by atoms with van der Waals surface area (Å²) < 4.78 is 1.93. The van der Waals surface area contributed by atoms with E-state index in [9.17, 15) is 9.90 Å². The first kappa shape index (κ1) is 15.3. The highest BCUT2D eigenvalue weighted by Gasteiger charge is 2.33. The van der Waals surface area contributed by atoms with E-state index >= 15 is 0 Å². The summed E-state index contributed by atoms with van der Waals surface area (Å²) in [6.45, 7) is 4.33. The highest BCUT2D eigenvalue weighted by atomic mass is 16.4. The smallest absolute Gasteiger partial charge is 0.323 e. The Balaban J connectivity index is 2.05. The molecule has 0 saturated heterocycles. The summed E-state index contributed by atoms with van der Waals surface area (Å²) in [5.41, 5.74) is 1.25. The predicted octanol–water partition coefficient (Wildman–Crippen LogP) is 2.61. The van der Waals surface area contributed by atoms with Crippen molar-refractivity contribution in [1.29, 1.82) is 0 Å². The van der Waals surface area contributed by atoms with E-state index in [-0.39, 0.29) is 0 Å². The van der Waals surface area contributed by atoms with E-state index in [4.69, 9.17) is 0 Å². The number of carboxylic acids is 1. The molecule has 1 heterocycles. The summed E-state index contributed by atoms with van der Waals surface area (Å²) >= 11 is 0. The highest BCUT2D eigenvalue weighted by molar-refractivity contribution is 5.78. The van der Waals surface area contributed by atoms with Crippen LogP contribution in [0, 0.1) is 0 Å². The molecule has 1 aromatic heterocycles. The van der Waals surface area contributed by atoms with Crippen LogP contribution < -0.4 is 5.32 Å². The fraction of sp³-hybridized carbons (Fsp3) is 0.375. The van der Waals surface area contributed by atoms with Crippen LogP contribution in [0.5, 0.6) is 0 Å². The number of nitrogens with zero attached hydrogens (tertiary/aromatic N) is 2. The predicted molar refractivity (Wildman–Crippen MR) is 81.4 cm³/mol. The number of hydrogen-bond donors (Lipinski definition) is 2. The van der Waals surface area contributed by atoms with Crippen molar-refractivity contribution in [3.8, 4) is 5.69 Å². The Hall–Kier alpha value is -2.14. The second kappa shape index (κ2) is 6.54. The van der Waals surface area contributed by atoms with Gasteiger partial charge in [0.2, 0.25) is 0 Å². The average molecular weight is 287 g/mol. The molecule has 0 aliphatic heterocycles. The quantitative estimate of drug-likeness (QED) is 0.821. The fourth-order valence-electron chi connectivity index (χ4n) is 2.35. The van der Waals surface area contributed by atoms with E-state index in [1.165, 1.54) is 0 Å². The standard InChI is InChI=1S/C16H21N3O2/c1-3-16(4-2,15(20)21)18-11-13-5-7-14(8-6-13)19-10-9-17-12-19/h5-10,12,18H,3-4,11H2,1-2H3,(H,20,21). The van der Waals surface area contributed by atoms with E-state index < -0.39 is 11.5 Å². The molecule has 2 N–H and O–H groups in total. The van der Waals surface area contributed by atoms with Gasteiger partial charge in [0.15, 0.2) is 0 Å². The van der Waals surface area contributed by atoms with Crippen LogP contribution in [0.3, 0.4) is 0 Å². The van der Waals surface area contributed by atoms with Crippen LogP contribution >= 0.6 is 0 Å². The summed E-state index contributed by atoms with van der Waals surface area (Å²) in [6, 6.07) is 8.00. The van der Waals surface area contributed by atoms with Crippen LogP contribution in [-0.4, -0.2) is 26.2 Å². The number of aromatic nitrogens is 2. The molecule has 21 heavy (non-hydrogen) atoms. The fourth-order valence-corrected chi connectivity index (χ4v) is 2.35.